The van der Waals surface area contributed by atoms with Gasteiger partial charge in [0, 0.05) is 44.0 Å². The van der Waals surface area contributed by atoms with E-state index in [-0.39, 0.29) is 0 Å². The van der Waals surface area contributed by atoms with E-state index in [1.165, 1.54) is 27.6 Å². The molecular weight excluding hydrogens is 805 g/mol. The molecule has 0 saturated heterocycles. The highest BCUT2D eigenvalue weighted by Gasteiger charge is 2.29. The van der Waals surface area contributed by atoms with E-state index in [1.54, 1.807) is 0 Å². The van der Waals surface area contributed by atoms with Gasteiger partial charge in [-0.05, 0) is 127 Å². The lowest BCUT2D eigenvalue weighted by Crippen LogP contribution is -2.08. The Morgan fingerprint density at radius 2 is 1.00 bits per heavy atom. The smallest absolute Gasteiger partial charge is 0.101 e. The van der Waals surface area contributed by atoms with Crippen molar-refractivity contribution in [3.8, 4) is 46.3 Å². The molecule has 0 atom stereocenters. The van der Waals surface area contributed by atoms with Crippen molar-refractivity contribution in [1.82, 2.24) is 18.3 Å². The normalized spacial score (nSPS) is 12.5. The first kappa shape index (κ1) is 37.7. The number of aryl methyl sites for hydroxylation is 1. The summed E-state index contributed by atoms with van der Waals surface area (Å²) < 4.78 is 9.17. The maximum absolute atomic E-state index is 11.3. The molecule has 0 saturated carbocycles. The molecule has 0 bridgehead atoms. The zero-order valence-corrected chi connectivity index (χ0v) is 36.4. The number of nitrogens with zero attached hydrogens (tertiary/aromatic N) is 6. The predicted molar refractivity (Wildman–Crippen MR) is 270 cm³/mol. The van der Waals surface area contributed by atoms with E-state index in [4.69, 9.17) is 0 Å². The van der Waals surface area contributed by atoms with Crippen molar-refractivity contribution in [3.63, 3.8) is 0 Å². The molecule has 0 unspecified atom stereocenters. The number of allylic oxidation sites excluding steroid dienone is 1. The SMILES string of the molecule is Cc1c2c(n(-c3ccccc3)c1-c1c(C)c3ccccc3n1-c1cc(C#N)c(-n3c4ccc(-n5c6ccccc6c6ccccc65)cc4c4c5ccccc5ccc43)cc1C#N)C=CCC2. The quantitative estimate of drug-likeness (QED) is 0.173. The number of rotatable bonds is 5. The highest BCUT2D eigenvalue weighted by atomic mass is 15.1. The highest BCUT2D eigenvalue weighted by Crippen LogP contribution is 2.45. The van der Waals surface area contributed by atoms with Crippen molar-refractivity contribution >= 4 is 71.4 Å². The Hall–Kier alpha value is -8.84. The van der Waals surface area contributed by atoms with Gasteiger partial charge in [0.05, 0.1) is 61.5 Å². The lowest BCUT2D eigenvalue weighted by atomic mass is 9.99. The maximum atomic E-state index is 11.3. The Morgan fingerprint density at radius 3 is 1.70 bits per heavy atom. The van der Waals surface area contributed by atoms with Crippen LogP contribution >= 0.6 is 0 Å². The van der Waals surface area contributed by atoms with Gasteiger partial charge in [-0.25, -0.2) is 0 Å². The molecule has 6 nitrogen and oxygen atoms in total. The minimum Gasteiger partial charge on any atom is -0.309 e. The lowest BCUT2D eigenvalue weighted by Gasteiger charge is -2.19. The van der Waals surface area contributed by atoms with Crippen LogP contribution in [0.3, 0.4) is 0 Å². The molecule has 0 radical (unpaired) electrons. The molecule has 0 amide bonds. The zero-order chi connectivity index (χ0) is 44.2. The Morgan fingerprint density at radius 1 is 0.439 bits per heavy atom. The third-order valence-corrected chi connectivity index (χ3v) is 14.1. The van der Waals surface area contributed by atoms with Crippen molar-refractivity contribution < 1.29 is 0 Å². The van der Waals surface area contributed by atoms with Crippen LogP contribution in [-0.4, -0.2) is 18.3 Å². The number of aromatic nitrogens is 4. The summed E-state index contributed by atoms with van der Waals surface area (Å²) in [7, 11) is 0. The van der Waals surface area contributed by atoms with Crippen LogP contribution in [0, 0.1) is 36.5 Å². The third-order valence-electron chi connectivity index (χ3n) is 14.1. The van der Waals surface area contributed by atoms with E-state index in [2.05, 4.69) is 214 Å². The number of hydrogen-bond donors (Lipinski definition) is 0. The molecule has 4 aromatic heterocycles. The second-order valence-electron chi connectivity index (χ2n) is 17.5. The first-order valence-electron chi connectivity index (χ1n) is 22.5. The molecule has 12 aromatic rings. The summed E-state index contributed by atoms with van der Waals surface area (Å²) >= 11 is 0. The average Bonchev–Trinajstić information content (AvgIpc) is 4.08. The molecule has 13 rings (SSSR count). The van der Waals surface area contributed by atoms with Crippen molar-refractivity contribution in [1.29, 1.82) is 10.5 Å². The van der Waals surface area contributed by atoms with Gasteiger partial charge in [0.15, 0.2) is 0 Å². The summed E-state index contributed by atoms with van der Waals surface area (Å²) in [6, 6.07) is 64.8. The molecule has 0 fully saturated rings. The Kier molecular flexibility index (Phi) is 8.19. The number of nitriles is 2. The van der Waals surface area contributed by atoms with Crippen LogP contribution < -0.4 is 0 Å². The number of fused-ring (bicyclic) bond motifs is 10. The van der Waals surface area contributed by atoms with E-state index in [9.17, 15) is 10.5 Å². The molecule has 0 N–H and O–H groups in total. The monoisotopic (exact) mass is 844 g/mol. The minimum absolute atomic E-state index is 0.473. The van der Waals surface area contributed by atoms with Crippen LogP contribution in [0.15, 0.2) is 176 Å². The van der Waals surface area contributed by atoms with Crippen molar-refractivity contribution in [2.75, 3.05) is 0 Å². The maximum Gasteiger partial charge on any atom is 0.101 e. The standard InChI is InChI=1S/C60H40N6/c1-37-44-19-8-12-24-50(44)64(42-17-4-3-5-18-42)59(37)60-38(2)45-20-9-13-25-51(45)66(60)57-33-40(35-61)56(32-41(57)36-62)65-54-31-29-43(34-49(54)58-46-21-7-6-16-39(46)28-30-55(58)65)63-52-26-14-10-22-47(52)48-23-11-15-27-53(48)63/h3-7,9-18,20-34H,8,19H2,1-2H3. The molecule has 310 valence electrons. The Labute approximate surface area is 380 Å². The molecule has 4 heterocycles. The molecule has 66 heavy (non-hydrogen) atoms. The fourth-order valence-electron chi connectivity index (χ4n) is 11.2. The summed E-state index contributed by atoms with van der Waals surface area (Å²) in [6.45, 7) is 4.42. The molecule has 1 aliphatic carbocycles. The first-order valence-corrected chi connectivity index (χ1v) is 22.5. The zero-order valence-electron chi connectivity index (χ0n) is 36.4. The van der Waals surface area contributed by atoms with Gasteiger partial charge in [0.1, 0.15) is 12.1 Å². The van der Waals surface area contributed by atoms with Crippen LogP contribution in [0.2, 0.25) is 0 Å². The summed E-state index contributed by atoms with van der Waals surface area (Å²) in [6.07, 6.45) is 6.46. The van der Waals surface area contributed by atoms with E-state index in [0.29, 0.717) is 22.5 Å². The molecule has 0 aliphatic heterocycles. The lowest BCUT2D eigenvalue weighted by molar-refractivity contribution is 0.953. The van der Waals surface area contributed by atoms with Crippen LogP contribution in [0.25, 0.3) is 106 Å². The Bertz CT molecular complexity index is 4100. The van der Waals surface area contributed by atoms with Gasteiger partial charge in [0.2, 0.25) is 0 Å². The average molecular weight is 845 g/mol. The van der Waals surface area contributed by atoms with Crippen LogP contribution in [-0.2, 0) is 6.42 Å². The van der Waals surface area contributed by atoms with Gasteiger partial charge >= 0.3 is 0 Å². The predicted octanol–water partition coefficient (Wildman–Crippen LogP) is 14.8. The largest absolute Gasteiger partial charge is 0.309 e. The summed E-state index contributed by atoms with van der Waals surface area (Å²) in [4.78, 5) is 0. The fraction of sp³-hybridized carbons (Fsp3) is 0.0667. The van der Waals surface area contributed by atoms with Gasteiger partial charge in [-0.2, -0.15) is 10.5 Å². The van der Waals surface area contributed by atoms with E-state index in [1.807, 2.05) is 12.1 Å². The second kappa shape index (κ2) is 14.3. The summed E-state index contributed by atoms with van der Waals surface area (Å²) in [5, 5.41) is 30.6. The first-order chi connectivity index (χ1) is 32.5. The molecule has 6 heteroatoms. The van der Waals surface area contributed by atoms with Crippen LogP contribution in [0.1, 0.15) is 39.9 Å². The van der Waals surface area contributed by atoms with E-state index in [0.717, 1.165) is 95.7 Å². The molecular formula is C60H40N6. The number of para-hydroxylation sites is 4. The second-order valence-corrected chi connectivity index (χ2v) is 17.5. The topological polar surface area (TPSA) is 67.3 Å². The van der Waals surface area contributed by atoms with Gasteiger partial charge < -0.3 is 18.3 Å². The van der Waals surface area contributed by atoms with Crippen LogP contribution in [0.5, 0.6) is 0 Å². The van der Waals surface area contributed by atoms with E-state index < -0.39 is 0 Å². The third kappa shape index (κ3) is 5.21. The fourth-order valence-corrected chi connectivity index (χ4v) is 11.2. The number of benzene rings is 8. The highest BCUT2D eigenvalue weighted by molar-refractivity contribution is 6.22. The summed E-state index contributed by atoms with van der Waals surface area (Å²) in [5.41, 5.74) is 16.6. The molecule has 0 spiro atoms. The van der Waals surface area contributed by atoms with Crippen molar-refractivity contribution in [2.24, 2.45) is 0 Å². The molecule has 1 aliphatic rings. The van der Waals surface area contributed by atoms with Gasteiger partial charge in [-0.1, -0.05) is 109 Å². The van der Waals surface area contributed by atoms with Gasteiger partial charge in [-0.3, -0.25) is 0 Å². The Balaban J connectivity index is 1.09. The number of hydrogen-bond acceptors (Lipinski definition) is 2. The van der Waals surface area contributed by atoms with Crippen molar-refractivity contribution in [2.45, 2.75) is 26.7 Å². The van der Waals surface area contributed by atoms with E-state index >= 15 is 0 Å². The van der Waals surface area contributed by atoms with Gasteiger partial charge in [0.25, 0.3) is 0 Å². The van der Waals surface area contributed by atoms with Crippen molar-refractivity contribution in [3.05, 3.63) is 209 Å². The summed E-state index contributed by atoms with van der Waals surface area (Å²) in [5.74, 6) is 0. The van der Waals surface area contributed by atoms with Crippen LogP contribution in [0.4, 0.5) is 0 Å². The molecule has 8 aromatic carbocycles. The minimum atomic E-state index is 0.473. The van der Waals surface area contributed by atoms with Gasteiger partial charge in [-0.15, -0.1) is 0 Å².